The van der Waals surface area contributed by atoms with E-state index in [0.29, 0.717) is 18.1 Å². The molecule has 0 bridgehead atoms. The molecule has 2 aromatic rings. The Bertz CT molecular complexity index is 931. The minimum Gasteiger partial charge on any atom is -0.429 e. The van der Waals surface area contributed by atoms with Gasteiger partial charge in [-0.1, -0.05) is 24.3 Å². The molecule has 1 aliphatic carbocycles. The molecule has 164 valence electrons. The lowest BCUT2D eigenvalue weighted by Gasteiger charge is -2.29. The number of benzene rings is 2. The quantitative estimate of drug-likeness (QED) is 0.334. The molecule has 2 nitrogen and oxygen atoms in total. The Balaban J connectivity index is 1.64. The van der Waals surface area contributed by atoms with Crippen LogP contribution >= 0.6 is 0 Å². The van der Waals surface area contributed by atoms with Crippen molar-refractivity contribution in [3.63, 3.8) is 0 Å². The highest BCUT2D eigenvalue weighted by Crippen LogP contribution is 2.39. The predicted octanol–water partition coefficient (Wildman–Crippen LogP) is 7.59. The van der Waals surface area contributed by atoms with E-state index in [1.165, 1.54) is 24.6 Å². The van der Waals surface area contributed by atoms with Crippen LogP contribution in [0.3, 0.4) is 0 Å². The van der Waals surface area contributed by atoms with E-state index in [-0.39, 0.29) is 0 Å². The van der Waals surface area contributed by atoms with Crippen LogP contribution in [0, 0.1) is 28.9 Å². The molecule has 0 atom stereocenters. The van der Waals surface area contributed by atoms with Crippen LogP contribution in [-0.4, -0.2) is 0 Å². The monoisotopic (exact) mass is 431 g/mol. The SMILES string of the molecule is C/C=C/CCC1CCC(c2ccc(C(F)(F)Oc3cc(F)c(C#N)c(F)c3)cc2)CC1. The summed E-state index contributed by atoms with van der Waals surface area (Å²) in [4.78, 5) is 0. The van der Waals surface area contributed by atoms with E-state index in [9.17, 15) is 17.6 Å². The maximum Gasteiger partial charge on any atom is 0.426 e. The topological polar surface area (TPSA) is 33.0 Å². The first kappa shape index (κ1) is 22.9. The summed E-state index contributed by atoms with van der Waals surface area (Å²) >= 11 is 0. The highest BCUT2D eigenvalue weighted by Gasteiger charge is 2.35. The highest BCUT2D eigenvalue weighted by molar-refractivity contribution is 5.38. The van der Waals surface area contributed by atoms with Gasteiger partial charge in [0.2, 0.25) is 0 Å². The number of halogens is 4. The minimum absolute atomic E-state index is 0.350. The third-order valence-corrected chi connectivity index (χ3v) is 5.92. The van der Waals surface area contributed by atoms with Crippen LogP contribution in [0.15, 0.2) is 48.6 Å². The first-order chi connectivity index (χ1) is 14.8. The predicted molar refractivity (Wildman–Crippen MR) is 111 cm³/mol. The van der Waals surface area contributed by atoms with Crippen LogP contribution in [0.1, 0.15) is 68.1 Å². The molecule has 0 heterocycles. The molecule has 0 spiro atoms. The average Bonchev–Trinajstić information content (AvgIpc) is 2.74. The molecule has 0 radical (unpaired) electrons. The zero-order valence-electron chi connectivity index (χ0n) is 17.4. The average molecular weight is 431 g/mol. The summed E-state index contributed by atoms with van der Waals surface area (Å²) in [5, 5.41) is 8.68. The van der Waals surface area contributed by atoms with Gasteiger partial charge in [0.15, 0.2) is 0 Å². The molecule has 3 rings (SSSR count). The first-order valence-electron chi connectivity index (χ1n) is 10.5. The Morgan fingerprint density at radius 1 is 1.06 bits per heavy atom. The van der Waals surface area contributed by atoms with Crippen LogP contribution in [-0.2, 0) is 6.11 Å². The van der Waals surface area contributed by atoms with Crippen LogP contribution in [0.4, 0.5) is 17.6 Å². The van der Waals surface area contributed by atoms with E-state index >= 15 is 0 Å². The Labute approximate surface area is 180 Å². The van der Waals surface area contributed by atoms with Gasteiger partial charge in [-0.2, -0.15) is 14.0 Å². The van der Waals surface area contributed by atoms with Crippen molar-refractivity contribution in [2.45, 2.75) is 57.5 Å². The molecule has 0 aromatic heterocycles. The van der Waals surface area contributed by atoms with Gasteiger partial charge in [0, 0.05) is 12.1 Å². The van der Waals surface area contributed by atoms with Gasteiger partial charge in [0.25, 0.3) is 0 Å². The van der Waals surface area contributed by atoms with Crippen molar-refractivity contribution < 1.29 is 22.3 Å². The Hall–Kier alpha value is -2.81. The van der Waals surface area contributed by atoms with Gasteiger partial charge < -0.3 is 4.74 Å². The fourth-order valence-corrected chi connectivity index (χ4v) is 4.15. The molecule has 0 aliphatic heterocycles. The molecule has 0 amide bonds. The van der Waals surface area contributed by atoms with Gasteiger partial charge in [-0.05, 0) is 75.0 Å². The first-order valence-corrected chi connectivity index (χ1v) is 10.5. The van der Waals surface area contributed by atoms with E-state index in [2.05, 4.69) is 16.9 Å². The molecule has 1 fully saturated rings. The molecule has 6 heteroatoms. The smallest absolute Gasteiger partial charge is 0.426 e. The van der Waals surface area contributed by atoms with Crippen molar-refractivity contribution >= 4 is 0 Å². The fraction of sp³-hybridized carbons (Fsp3) is 0.400. The number of rotatable bonds is 7. The second-order valence-electron chi connectivity index (χ2n) is 7.98. The van der Waals surface area contributed by atoms with Gasteiger partial charge in [-0.15, -0.1) is 0 Å². The van der Waals surface area contributed by atoms with Crippen LogP contribution in [0.5, 0.6) is 5.75 Å². The Kier molecular flexibility index (Phi) is 7.37. The Morgan fingerprint density at radius 3 is 2.23 bits per heavy atom. The van der Waals surface area contributed by atoms with Gasteiger partial charge in [-0.3, -0.25) is 0 Å². The molecule has 1 saturated carbocycles. The number of hydrogen-bond donors (Lipinski definition) is 0. The molecule has 2 aromatic carbocycles. The van der Waals surface area contributed by atoms with Crippen LogP contribution in [0.2, 0.25) is 0 Å². The Morgan fingerprint density at radius 2 is 1.68 bits per heavy atom. The lowest BCUT2D eigenvalue weighted by Crippen LogP contribution is -2.22. The van der Waals surface area contributed by atoms with Gasteiger partial charge in [0.05, 0.1) is 5.56 Å². The third kappa shape index (κ3) is 5.66. The summed E-state index contributed by atoms with van der Waals surface area (Å²) in [6.07, 6.45) is 7.13. The molecule has 31 heavy (non-hydrogen) atoms. The van der Waals surface area contributed by atoms with Crippen molar-refractivity contribution in [3.8, 4) is 11.8 Å². The number of alkyl halides is 2. The molecular weight excluding hydrogens is 406 g/mol. The summed E-state index contributed by atoms with van der Waals surface area (Å²) in [5.41, 5.74) is -0.222. The number of ether oxygens (including phenoxy) is 1. The van der Waals surface area contributed by atoms with E-state index in [0.717, 1.165) is 43.6 Å². The second-order valence-corrected chi connectivity index (χ2v) is 7.98. The number of hydrogen-bond acceptors (Lipinski definition) is 2. The fourth-order valence-electron chi connectivity index (χ4n) is 4.15. The molecule has 1 aliphatic rings. The van der Waals surface area contributed by atoms with Crippen molar-refractivity contribution in [1.29, 1.82) is 5.26 Å². The van der Waals surface area contributed by atoms with Crippen LogP contribution in [0.25, 0.3) is 0 Å². The lowest BCUT2D eigenvalue weighted by molar-refractivity contribution is -0.185. The number of nitrogens with zero attached hydrogens (tertiary/aromatic N) is 1. The largest absolute Gasteiger partial charge is 0.429 e. The number of allylic oxidation sites excluding steroid dienone is 2. The molecule has 0 unspecified atom stereocenters. The maximum absolute atomic E-state index is 14.5. The zero-order valence-corrected chi connectivity index (χ0v) is 17.4. The van der Waals surface area contributed by atoms with E-state index in [1.54, 1.807) is 12.1 Å². The van der Waals surface area contributed by atoms with Gasteiger partial charge in [-0.25, -0.2) is 8.78 Å². The van der Waals surface area contributed by atoms with Crippen molar-refractivity contribution in [3.05, 3.63) is 76.9 Å². The lowest BCUT2D eigenvalue weighted by atomic mass is 9.77. The van der Waals surface area contributed by atoms with E-state index in [1.807, 2.05) is 6.92 Å². The number of nitriles is 1. The minimum atomic E-state index is -3.77. The second kappa shape index (κ2) is 10.00. The third-order valence-electron chi connectivity index (χ3n) is 5.92. The molecule has 0 saturated heterocycles. The maximum atomic E-state index is 14.5. The molecule has 0 N–H and O–H groups in total. The zero-order chi connectivity index (χ0) is 22.4. The van der Waals surface area contributed by atoms with Gasteiger partial charge in [0.1, 0.15) is 29.0 Å². The van der Waals surface area contributed by atoms with Gasteiger partial charge >= 0.3 is 6.11 Å². The normalized spacial score (nSPS) is 19.4. The van der Waals surface area contributed by atoms with Crippen molar-refractivity contribution in [2.75, 3.05) is 0 Å². The van der Waals surface area contributed by atoms with E-state index < -0.39 is 34.6 Å². The van der Waals surface area contributed by atoms with Crippen molar-refractivity contribution in [1.82, 2.24) is 0 Å². The summed E-state index contributed by atoms with van der Waals surface area (Å²) in [6, 6.07) is 8.45. The van der Waals surface area contributed by atoms with E-state index in [4.69, 9.17) is 5.26 Å². The summed E-state index contributed by atoms with van der Waals surface area (Å²) < 4.78 is 61.0. The summed E-state index contributed by atoms with van der Waals surface area (Å²) in [5.74, 6) is -2.10. The van der Waals surface area contributed by atoms with Crippen molar-refractivity contribution in [2.24, 2.45) is 5.92 Å². The standard InChI is InChI=1S/C25H25F4NO/c1-2-3-4-5-17-6-8-18(9-7-17)19-10-12-20(13-11-19)25(28,29)31-21-14-23(26)22(16-30)24(27)15-21/h2-3,10-15,17-18H,4-9H2,1H3/b3-2+. The molecular formula is C25H25F4NO. The summed E-state index contributed by atoms with van der Waals surface area (Å²) in [7, 11) is 0. The summed E-state index contributed by atoms with van der Waals surface area (Å²) in [6.45, 7) is 2.02. The highest BCUT2D eigenvalue weighted by atomic mass is 19.3. The van der Waals surface area contributed by atoms with Crippen LogP contribution < -0.4 is 4.74 Å².